The number of ether oxygens (including phenoxy) is 1. The summed E-state index contributed by atoms with van der Waals surface area (Å²) >= 11 is 0. The Balaban J connectivity index is 2.57. The molecule has 1 rings (SSSR count). The van der Waals surface area contributed by atoms with Gasteiger partial charge in [0.2, 0.25) is 11.8 Å². The van der Waals surface area contributed by atoms with Crippen molar-refractivity contribution >= 4 is 17.8 Å². The molecule has 1 unspecified atom stereocenters. The molecule has 2 amide bonds. The highest BCUT2D eigenvalue weighted by molar-refractivity contribution is 5.89. The van der Waals surface area contributed by atoms with Crippen LogP contribution in [0.25, 0.3) is 0 Å². The first-order valence-electron chi connectivity index (χ1n) is 6.15. The van der Waals surface area contributed by atoms with Gasteiger partial charge in [0.1, 0.15) is 12.6 Å². The van der Waals surface area contributed by atoms with E-state index in [4.69, 9.17) is 4.74 Å². The van der Waals surface area contributed by atoms with E-state index >= 15 is 0 Å². The molecule has 6 heteroatoms. The van der Waals surface area contributed by atoms with E-state index in [-0.39, 0.29) is 18.4 Å². The van der Waals surface area contributed by atoms with Crippen molar-refractivity contribution in [2.24, 2.45) is 0 Å². The number of carbonyl (C=O) groups is 3. The zero-order chi connectivity index (χ0) is 13.7. The van der Waals surface area contributed by atoms with E-state index in [2.05, 4.69) is 0 Å². The summed E-state index contributed by atoms with van der Waals surface area (Å²) in [6, 6.07) is -0.429. The van der Waals surface area contributed by atoms with Crippen molar-refractivity contribution in [2.45, 2.75) is 32.7 Å². The van der Waals surface area contributed by atoms with Crippen molar-refractivity contribution in [1.82, 2.24) is 9.80 Å². The molecular weight excluding hydrogens is 236 g/mol. The second-order valence-corrected chi connectivity index (χ2v) is 4.37. The van der Waals surface area contributed by atoms with Crippen LogP contribution in [0.5, 0.6) is 0 Å². The van der Waals surface area contributed by atoms with Crippen LogP contribution in [0.4, 0.5) is 0 Å². The van der Waals surface area contributed by atoms with Gasteiger partial charge in [0.15, 0.2) is 0 Å². The fourth-order valence-electron chi connectivity index (χ4n) is 2.13. The van der Waals surface area contributed by atoms with E-state index in [0.717, 1.165) is 6.42 Å². The van der Waals surface area contributed by atoms with Gasteiger partial charge in [-0.25, -0.2) is 0 Å². The molecule has 6 nitrogen and oxygen atoms in total. The average molecular weight is 256 g/mol. The van der Waals surface area contributed by atoms with Gasteiger partial charge in [-0.15, -0.1) is 0 Å². The summed E-state index contributed by atoms with van der Waals surface area (Å²) in [4.78, 5) is 37.7. The molecule has 0 aromatic heterocycles. The SMILES string of the molecule is CCOC(=O)CN(C)C(=O)C1CCCN1C(C)=O. The Labute approximate surface area is 107 Å². The summed E-state index contributed by atoms with van der Waals surface area (Å²) in [5.74, 6) is -0.730. The highest BCUT2D eigenvalue weighted by Gasteiger charge is 2.34. The molecule has 1 saturated heterocycles. The largest absolute Gasteiger partial charge is 0.465 e. The molecule has 102 valence electrons. The molecule has 0 aromatic rings. The van der Waals surface area contributed by atoms with Gasteiger partial charge >= 0.3 is 5.97 Å². The molecule has 1 fully saturated rings. The molecule has 1 heterocycles. The lowest BCUT2D eigenvalue weighted by atomic mass is 10.2. The number of hydrogen-bond acceptors (Lipinski definition) is 4. The van der Waals surface area contributed by atoms with Gasteiger partial charge < -0.3 is 14.5 Å². The van der Waals surface area contributed by atoms with E-state index in [1.165, 1.54) is 11.8 Å². The van der Waals surface area contributed by atoms with E-state index in [1.54, 1.807) is 18.9 Å². The van der Waals surface area contributed by atoms with Crippen LogP contribution in [0.15, 0.2) is 0 Å². The minimum atomic E-state index is -0.430. The van der Waals surface area contributed by atoms with Crippen LogP contribution in [-0.4, -0.2) is 60.4 Å². The highest BCUT2D eigenvalue weighted by atomic mass is 16.5. The Morgan fingerprint density at radius 2 is 2.06 bits per heavy atom. The molecule has 0 saturated carbocycles. The summed E-state index contributed by atoms with van der Waals surface area (Å²) in [5.41, 5.74) is 0. The van der Waals surface area contributed by atoms with E-state index in [1.807, 2.05) is 0 Å². The first-order valence-corrected chi connectivity index (χ1v) is 6.15. The highest BCUT2D eigenvalue weighted by Crippen LogP contribution is 2.18. The molecule has 0 bridgehead atoms. The maximum atomic E-state index is 12.1. The molecule has 0 aromatic carbocycles. The molecular formula is C12H20N2O4. The van der Waals surface area contributed by atoms with Gasteiger partial charge in [0.25, 0.3) is 0 Å². The van der Waals surface area contributed by atoms with Crippen LogP contribution in [-0.2, 0) is 19.1 Å². The third kappa shape index (κ3) is 3.45. The lowest BCUT2D eigenvalue weighted by Crippen LogP contribution is -2.47. The Morgan fingerprint density at radius 3 is 2.61 bits per heavy atom. The van der Waals surface area contributed by atoms with Crippen molar-refractivity contribution in [3.8, 4) is 0 Å². The summed E-state index contributed by atoms with van der Waals surface area (Å²) < 4.78 is 4.79. The minimum Gasteiger partial charge on any atom is -0.465 e. The van der Waals surface area contributed by atoms with Crippen molar-refractivity contribution in [1.29, 1.82) is 0 Å². The fourth-order valence-corrected chi connectivity index (χ4v) is 2.13. The molecule has 0 aliphatic carbocycles. The van der Waals surface area contributed by atoms with Crippen molar-refractivity contribution in [2.75, 3.05) is 26.7 Å². The van der Waals surface area contributed by atoms with Crippen molar-refractivity contribution in [3.05, 3.63) is 0 Å². The van der Waals surface area contributed by atoms with E-state index in [0.29, 0.717) is 19.6 Å². The average Bonchev–Trinajstić information content (AvgIpc) is 2.76. The first-order chi connectivity index (χ1) is 8.47. The number of likely N-dealkylation sites (N-methyl/N-ethyl adjacent to an activating group) is 1. The van der Waals surface area contributed by atoms with Gasteiger partial charge in [-0.1, -0.05) is 0 Å². The molecule has 1 aliphatic heterocycles. The Morgan fingerprint density at radius 1 is 1.39 bits per heavy atom. The summed E-state index contributed by atoms with van der Waals surface area (Å²) in [5, 5.41) is 0. The lowest BCUT2D eigenvalue weighted by molar-refractivity contribution is -0.150. The second-order valence-electron chi connectivity index (χ2n) is 4.37. The number of rotatable bonds is 4. The molecule has 18 heavy (non-hydrogen) atoms. The van der Waals surface area contributed by atoms with Crippen LogP contribution in [0.3, 0.4) is 0 Å². The molecule has 0 N–H and O–H groups in total. The molecule has 0 spiro atoms. The Kier molecular flexibility index (Phi) is 5.12. The van der Waals surface area contributed by atoms with Crippen molar-refractivity contribution < 1.29 is 19.1 Å². The number of nitrogens with zero attached hydrogens (tertiary/aromatic N) is 2. The molecule has 1 aliphatic rings. The summed E-state index contributed by atoms with van der Waals surface area (Å²) in [6.45, 7) is 4.00. The lowest BCUT2D eigenvalue weighted by Gasteiger charge is -2.26. The Hall–Kier alpha value is -1.59. The van der Waals surface area contributed by atoms with Crippen LogP contribution < -0.4 is 0 Å². The minimum absolute atomic E-state index is 0.0745. The quantitative estimate of drug-likeness (QED) is 0.665. The number of likely N-dealkylation sites (tertiary alicyclic amines) is 1. The van der Waals surface area contributed by atoms with E-state index < -0.39 is 12.0 Å². The second kappa shape index (κ2) is 6.37. The number of hydrogen-bond donors (Lipinski definition) is 0. The predicted octanol–water partition coefficient (Wildman–Crippen LogP) is 0.0188. The van der Waals surface area contributed by atoms with Gasteiger partial charge in [-0.05, 0) is 19.8 Å². The molecule has 0 radical (unpaired) electrons. The first kappa shape index (κ1) is 14.5. The number of esters is 1. The topological polar surface area (TPSA) is 66.9 Å². The van der Waals surface area contributed by atoms with Gasteiger partial charge in [0.05, 0.1) is 6.61 Å². The zero-order valence-corrected chi connectivity index (χ0v) is 11.1. The van der Waals surface area contributed by atoms with Crippen LogP contribution in [0.1, 0.15) is 26.7 Å². The maximum absolute atomic E-state index is 12.1. The number of amides is 2. The van der Waals surface area contributed by atoms with Crippen LogP contribution in [0, 0.1) is 0 Å². The fraction of sp³-hybridized carbons (Fsp3) is 0.750. The van der Waals surface area contributed by atoms with Gasteiger partial charge in [-0.2, -0.15) is 0 Å². The summed E-state index contributed by atoms with van der Waals surface area (Å²) in [6.07, 6.45) is 1.48. The zero-order valence-electron chi connectivity index (χ0n) is 11.1. The molecule has 1 atom stereocenters. The van der Waals surface area contributed by atoms with Crippen LogP contribution in [0.2, 0.25) is 0 Å². The Bertz CT molecular complexity index is 343. The third-order valence-corrected chi connectivity index (χ3v) is 2.99. The standard InChI is InChI=1S/C12H20N2O4/c1-4-18-11(16)8-13(3)12(17)10-6-5-7-14(10)9(2)15/h10H,4-8H2,1-3H3. The van der Waals surface area contributed by atoms with Crippen LogP contribution >= 0.6 is 0 Å². The number of carbonyl (C=O) groups excluding carboxylic acids is 3. The van der Waals surface area contributed by atoms with E-state index in [9.17, 15) is 14.4 Å². The van der Waals surface area contributed by atoms with Gasteiger partial charge in [0, 0.05) is 20.5 Å². The van der Waals surface area contributed by atoms with Gasteiger partial charge in [-0.3, -0.25) is 14.4 Å². The van der Waals surface area contributed by atoms with Crippen molar-refractivity contribution in [3.63, 3.8) is 0 Å². The smallest absolute Gasteiger partial charge is 0.325 e. The maximum Gasteiger partial charge on any atom is 0.325 e. The normalized spacial score (nSPS) is 18.6. The predicted molar refractivity (Wildman–Crippen MR) is 64.7 cm³/mol. The summed E-state index contributed by atoms with van der Waals surface area (Å²) in [7, 11) is 1.55. The third-order valence-electron chi connectivity index (χ3n) is 2.99. The monoisotopic (exact) mass is 256 g/mol.